The van der Waals surface area contributed by atoms with Crippen molar-refractivity contribution >= 4 is 23.7 Å². The van der Waals surface area contributed by atoms with E-state index >= 15 is 0 Å². The van der Waals surface area contributed by atoms with Crippen LogP contribution in [-0.4, -0.2) is 67.0 Å². The number of nitrogens with two attached hydrogens (primary N) is 2. The van der Waals surface area contributed by atoms with Gasteiger partial charge in [-0.15, -0.1) is 10.2 Å². The summed E-state index contributed by atoms with van der Waals surface area (Å²) in [7, 11) is 1.40. The Morgan fingerprint density at radius 2 is 1.84 bits per heavy atom. The van der Waals surface area contributed by atoms with E-state index in [0.29, 0.717) is 23.7 Å². The van der Waals surface area contributed by atoms with Crippen molar-refractivity contribution in [1.82, 2.24) is 34.8 Å². The summed E-state index contributed by atoms with van der Waals surface area (Å²) in [4.78, 5) is 40.0. The second-order valence-corrected chi connectivity index (χ2v) is 10.5. The van der Waals surface area contributed by atoms with E-state index in [2.05, 4.69) is 27.5 Å². The number of anilines is 1. The highest BCUT2D eigenvalue weighted by Crippen LogP contribution is 2.30. The van der Waals surface area contributed by atoms with E-state index in [0.717, 1.165) is 24.5 Å². The van der Waals surface area contributed by atoms with Gasteiger partial charge in [-0.1, -0.05) is 31.2 Å². The summed E-state index contributed by atoms with van der Waals surface area (Å²) in [6, 6.07) is 10.2. The Hall–Kier alpha value is -5.27. The van der Waals surface area contributed by atoms with Gasteiger partial charge in [-0.2, -0.15) is 5.10 Å². The van der Waals surface area contributed by atoms with Gasteiger partial charge in [0.05, 0.1) is 25.3 Å². The number of halogens is 1. The smallest absolute Gasteiger partial charge is 0.331 e. The van der Waals surface area contributed by atoms with E-state index < -0.39 is 17.6 Å². The number of primary amides is 1. The molecule has 14 heteroatoms. The molecule has 0 unspecified atom stereocenters. The molecule has 0 spiro atoms. The standard InChI is InChI=1S/C29H32FN9O4/c1-17-9-10-38(29(42)37-15-34-35-16-37)21(11-17)14-39-26(31)24(27(32)40)25(36-39)19-5-3-18(4-6-19)13-33-28(41)22-12-20(30)7-8-23(22)43-2/h3-8,12,15-17,21H,9-11,13-14,31H2,1-2H3,(H2,32,40)(H,33,41)/t17-,21+/m0/s1. The molecular weight excluding hydrogens is 557 g/mol. The number of carbonyl (C=O) groups is 3. The second-order valence-electron chi connectivity index (χ2n) is 10.5. The number of ether oxygens (including phenoxy) is 1. The molecule has 1 aliphatic rings. The zero-order valence-electron chi connectivity index (χ0n) is 23.7. The van der Waals surface area contributed by atoms with E-state index in [1.165, 1.54) is 41.1 Å². The maximum Gasteiger partial charge on any atom is 0.331 e. The molecule has 1 aliphatic heterocycles. The number of carbonyl (C=O) groups excluding carboxylic acids is 3. The lowest BCUT2D eigenvalue weighted by atomic mass is 9.92. The molecule has 13 nitrogen and oxygen atoms in total. The minimum atomic E-state index is -0.728. The summed E-state index contributed by atoms with van der Waals surface area (Å²) in [5.74, 6) is -1.03. The molecule has 3 amide bonds. The van der Waals surface area contributed by atoms with E-state index in [1.54, 1.807) is 29.2 Å². The zero-order valence-corrected chi connectivity index (χ0v) is 23.7. The number of hydrogen-bond donors (Lipinski definition) is 3. The summed E-state index contributed by atoms with van der Waals surface area (Å²) in [6.45, 7) is 3.09. The largest absolute Gasteiger partial charge is 0.496 e. The van der Waals surface area contributed by atoms with Crippen LogP contribution < -0.4 is 21.5 Å². The number of methoxy groups -OCH3 is 1. The summed E-state index contributed by atoms with van der Waals surface area (Å²) in [5.41, 5.74) is 13.9. The molecule has 0 radical (unpaired) electrons. The van der Waals surface area contributed by atoms with Crippen LogP contribution in [0.4, 0.5) is 15.0 Å². The third kappa shape index (κ3) is 6.17. The van der Waals surface area contributed by atoms with Gasteiger partial charge in [-0.3, -0.25) is 9.59 Å². The molecule has 2 atom stereocenters. The lowest BCUT2D eigenvalue weighted by molar-refractivity contribution is 0.0946. The minimum Gasteiger partial charge on any atom is -0.496 e. The van der Waals surface area contributed by atoms with Gasteiger partial charge in [0.1, 0.15) is 41.3 Å². The number of benzene rings is 2. The maximum absolute atomic E-state index is 13.7. The van der Waals surface area contributed by atoms with Gasteiger partial charge >= 0.3 is 6.03 Å². The summed E-state index contributed by atoms with van der Waals surface area (Å²) >= 11 is 0. The van der Waals surface area contributed by atoms with Gasteiger partial charge in [0.25, 0.3) is 11.8 Å². The summed E-state index contributed by atoms with van der Waals surface area (Å²) in [5, 5.41) is 14.9. The number of aromatic nitrogens is 5. The van der Waals surface area contributed by atoms with Crippen LogP contribution in [0.3, 0.4) is 0 Å². The highest BCUT2D eigenvalue weighted by atomic mass is 19.1. The van der Waals surface area contributed by atoms with Gasteiger partial charge in [0.2, 0.25) is 0 Å². The van der Waals surface area contributed by atoms with Crippen molar-refractivity contribution < 1.29 is 23.5 Å². The molecule has 5 rings (SSSR count). The van der Waals surface area contributed by atoms with Crippen molar-refractivity contribution in [3.8, 4) is 17.0 Å². The molecule has 2 aromatic carbocycles. The number of piperidine rings is 1. The molecular formula is C29H32FN9O4. The van der Waals surface area contributed by atoms with Crippen LogP contribution >= 0.6 is 0 Å². The third-order valence-corrected chi connectivity index (χ3v) is 7.57. The van der Waals surface area contributed by atoms with E-state index in [1.807, 2.05) is 0 Å². The van der Waals surface area contributed by atoms with Crippen molar-refractivity contribution in [1.29, 1.82) is 0 Å². The molecule has 43 heavy (non-hydrogen) atoms. The van der Waals surface area contributed by atoms with Crippen LogP contribution in [0.15, 0.2) is 55.1 Å². The lowest BCUT2D eigenvalue weighted by Gasteiger charge is -2.38. The van der Waals surface area contributed by atoms with Crippen LogP contribution in [0.1, 0.15) is 46.0 Å². The first-order valence-electron chi connectivity index (χ1n) is 13.7. The fourth-order valence-corrected chi connectivity index (χ4v) is 5.30. The zero-order chi connectivity index (χ0) is 30.7. The number of nitrogens with zero attached hydrogens (tertiary/aromatic N) is 6. The quantitative estimate of drug-likeness (QED) is 0.281. The molecule has 224 valence electrons. The molecule has 3 heterocycles. The Labute approximate surface area is 246 Å². The Bertz CT molecular complexity index is 1640. The van der Waals surface area contributed by atoms with Gasteiger partial charge in [0.15, 0.2) is 0 Å². The van der Waals surface area contributed by atoms with E-state index in [4.69, 9.17) is 16.2 Å². The van der Waals surface area contributed by atoms with Gasteiger partial charge < -0.3 is 26.4 Å². The molecule has 0 aliphatic carbocycles. The van der Waals surface area contributed by atoms with Crippen LogP contribution in [0.2, 0.25) is 0 Å². The van der Waals surface area contributed by atoms with Crippen molar-refractivity contribution in [3.63, 3.8) is 0 Å². The van der Waals surface area contributed by atoms with Crippen molar-refractivity contribution in [3.05, 3.63) is 77.6 Å². The molecule has 0 saturated carbocycles. The normalized spacial score (nSPS) is 16.6. The third-order valence-electron chi connectivity index (χ3n) is 7.57. The van der Waals surface area contributed by atoms with Gasteiger partial charge in [-0.25, -0.2) is 18.4 Å². The fourth-order valence-electron chi connectivity index (χ4n) is 5.30. The maximum atomic E-state index is 13.7. The Balaban J connectivity index is 1.34. The average Bonchev–Trinajstić information content (AvgIpc) is 3.65. The summed E-state index contributed by atoms with van der Waals surface area (Å²) < 4.78 is 21.7. The monoisotopic (exact) mass is 589 g/mol. The first-order chi connectivity index (χ1) is 20.7. The average molecular weight is 590 g/mol. The number of nitrogen functional groups attached to an aromatic ring is 1. The first-order valence-corrected chi connectivity index (χ1v) is 13.7. The van der Waals surface area contributed by atoms with Crippen LogP contribution in [0.25, 0.3) is 11.3 Å². The first kappa shape index (κ1) is 29.2. The molecule has 2 aromatic heterocycles. The Kier molecular flexibility index (Phi) is 8.36. The number of nitrogens with one attached hydrogen (secondary N) is 1. The summed E-state index contributed by atoms with van der Waals surface area (Å²) in [6.07, 6.45) is 4.28. The fraction of sp³-hybridized carbons (Fsp3) is 0.310. The SMILES string of the molecule is COc1ccc(F)cc1C(=O)NCc1ccc(-c2nn(C[C@H]3C[C@@H](C)CCN3C(=O)n3cnnc3)c(N)c2C(N)=O)cc1. The minimum absolute atomic E-state index is 0.0831. The van der Waals surface area contributed by atoms with Crippen LogP contribution in [0, 0.1) is 11.7 Å². The predicted octanol–water partition coefficient (Wildman–Crippen LogP) is 2.67. The Morgan fingerprint density at radius 3 is 2.51 bits per heavy atom. The predicted molar refractivity (Wildman–Crippen MR) is 154 cm³/mol. The molecule has 4 aromatic rings. The Morgan fingerprint density at radius 1 is 1.12 bits per heavy atom. The van der Waals surface area contributed by atoms with Crippen LogP contribution in [-0.2, 0) is 13.1 Å². The second kappa shape index (κ2) is 12.3. The molecule has 1 fully saturated rings. The lowest BCUT2D eigenvalue weighted by Crippen LogP contribution is -2.49. The van der Waals surface area contributed by atoms with Crippen molar-refractivity contribution in [2.45, 2.75) is 38.9 Å². The number of rotatable bonds is 8. The topological polar surface area (TPSA) is 176 Å². The molecule has 5 N–H and O–H groups in total. The van der Waals surface area contributed by atoms with Crippen LogP contribution in [0.5, 0.6) is 5.75 Å². The molecule has 0 bridgehead atoms. The van der Waals surface area contributed by atoms with E-state index in [9.17, 15) is 18.8 Å². The molecule has 1 saturated heterocycles. The van der Waals surface area contributed by atoms with E-state index in [-0.39, 0.29) is 47.9 Å². The number of amides is 3. The van der Waals surface area contributed by atoms with Crippen molar-refractivity contribution in [2.75, 3.05) is 19.4 Å². The number of likely N-dealkylation sites (tertiary alicyclic amines) is 1. The van der Waals surface area contributed by atoms with Gasteiger partial charge in [-0.05, 0) is 42.5 Å². The highest BCUT2D eigenvalue weighted by Gasteiger charge is 2.33. The highest BCUT2D eigenvalue weighted by molar-refractivity contribution is 6.03. The van der Waals surface area contributed by atoms with Crippen molar-refractivity contribution in [2.24, 2.45) is 11.7 Å². The van der Waals surface area contributed by atoms with Gasteiger partial charge in [0, 0.05) is 18.7 Å². The number of hydrogen-bond acceptors (Lipinski definition) is 8.